The summed E-state index contributed by atoms with van der Waals surface area (Å²) in [4.78, 5) is 0.521. The van der Waals surface area contributed by atoms with E-state index in [4.69, 9.17) is 23.7 Å². The predicted molar refractivity (Wildman–Crippen MR) is 91.5 cm³/mol. The minimum Gasteiger partial charge on any atom is -0.399 e. The Labute approximate surface area is 123 Å². The summed E-state index contributed by atoms with van der Waals surface area (Å²) >= 11 is 4.86. The lowest BCUT2D eigenvalue weighted by molar-refractivity contribution is 0.886. The fourth-order valence-electron chi connectivity index (χ4n) is 1.28. The topological polar surface area (TPSA) is 78.1 Å². The van der Waals surface area contributed by atoms with Gasteiger partial charge in [-0.25, -0.2) is 0 Å². The lowest BCUT2D eigenvalue weighted by Crippen LogP contribution is -2.12. The molecule has 3 nitrogen and oxygen atoms in total. The standard InChI is InChI=1S/C10H14N2S.C4H10.CH5N/c1-6-4-9(11)7(2)3-8(6)5-10(12)13;1-3-4-2;1-2/h3-4H,5,11H2,1-2H3,(H2,12,13);3-4H2,1-2H3;2H2,1H3. The summed E-state index contributed by atoms with van der Waals surface area (Å²) in [6, 6.07) is 4.01. The SMILES string of the molecule is CCCC.CN.Cc1cc(CC(N)=S)c(C)cc1N. The second kappa shape index (κ2) is 11.9. The van der Waals surface area contributed by atoms with Gasteiger partial charge in [0.05, 0.1) is 4.99 Å². The Kier molecular flexibility index (Phi) is 12.7. The number of hydrogen-bond donors (Lipinski definition) is 3. The van der Waals surface area contributed by atoms with E-state index in [1.165, 1.54) is 25.5 Å². The van der Waals surface area contributed by atoms with Gasteiger partial charge in [-0.1, -0.05) is 45.0 Å². The highest BCUT2D eigenvalue weighted by Gasteiger charge is 2.02. The first-order valence-electron chi connectivity index (χ1n) is 6.63. The maximum atomic E-state index is 5.76. The number of hydrogen-bond acceptors (Lipinski definition) is 3. The van der Waals surface area contributed by atoms with Crippen molar-refractivity contribution in [2.75, 3.05) is 12.8 Å². The average Bonchev–Trinajstić information content (AvgIpc) is 2.38. The predicted octanol–water partition coefficient (Wildman–Crippen LogP) is 3.10. The van der Waals surface area contributed by atoms with Gasteiger partial charge in [-0.15, -0.1) is 0 Å². The monoisotopic (exact) mass is 283 g/mol. The molecule has 0 heterocycles. The third kappa shape index (κ3) is 9.45. The number of anilines is 1. The van der Waals surface area contributed by atoms with Crippen molar-refractivity contribution in [3.8, 4) is 0 Å². The fourth-order valence-corrected chi connectivity index (χ4v) is 1.43. The summed E-state index contributed by atoms with van der Waals surface area (Å²) in [5.41, 5.74) is 20.0. The minimum atomic E-state index is 0.521. The van der Waals surface area contributed by atoms with Crippen LogP contribution in [0.1, 0.15) is 43.4 Å². The molecule has 1 aromatic rings. The minimum absolute atomic E-state index is 0.521. The maximum absolute atomic E-state index is 5.76. The van der Waals surface area contributed by atoms with E-state index in [9.17, 15) is 0 Å². The summed E-state index contributed by atoms with van der Waals surface area (Å²) in [6.45, 7) is 8.36. The van der Waals surface area contributed by atoms with Gasteiger partial charge in [0, 0.05) is 12.1 Å². The highest BCUT2D eigenvalue weighted by atomic mass is 32.1. The van der Waals surface area contributed by atoms with Crippen LogP contribution in [0.15, 0.2) is 12.1 Å². The van der Waals surface area contributed by atoms with Crippen LogP contribution in [0, 0.1) is 13.8 Å². The molecular formula is C15H29N3S. The van der Waals surface area contributed by atoms with Gasteiger partial charge >= 0.3 is 0 Å². The molecule has 0 aliphatic rings. The maximum Gasteiger partial charge on any atom is 0.0771 e. The zero-order chi connectivity index (χ0) is 15.4. The molecule has 0 saturated heterocycles. The summed E-state index contributed by atoms with van der Waals surface area (Å²) < 4.78 is 0. The van der Waals surface area contributed by atoms with Crippen molar-refractivity contribution in [1.82, 2.24) is 0 Å². The highest BCUT2D eigenvalue weighted by Crippen LogP contribution is 2.18. The van der Waals surface area contributed by atoms with Crippen molar-refractivity contribution in [3.05, 3.63) is 28.8 Å². The van der Waals surface area contributed by atoms with E-state index in [-0.39, 0.29) is 0 Å². The Morgan fingerprint density at radius 2 is 1.53 bits per heavy atom. The quantitative estimate of drug-likeness (QED) is 0.588. The van der Waals surface area contributed by atoms with E-state index in [0.29, 0.717) is 11.4 Å². The number of thiocarbonyl (C=S) groups is 1. The van der Waals surface area contributed by atoms with Crippen LogP contribution in [0.5, 0.6) is 0 Å². The molecule has 0 aromatic heterocycles. The second-order valence-corrected chi connectivity index (χ2v) is 4.80. The first-order chi connectivity index (χ1) is 8.92. The number of benzene rings is 1. The van der Waals surface area contributed by atoms with Crippen LogP contribution in [-0.4, -0.2) is 12.0 Å². The normalized spacial score (nSPS) is 8.74. The van der Waals surface area contributed by atoms with Crippen LogP contribution in [0.3, 0.4) is 0 Å². The Morgan fingerprint density at radius 3 is 1.89 bits per heavy atom. The van der Waals surface area contributed by atoms with Gasteiger partial charge < -0.3 is 17.2 Å². The molecule has 4 heteroatoms. The van der Waals surface area contributed by atoms with Crippen LogP contribution in [0.25, 0.3) is 0 Å². The molecule has 1 aromatic carbocycles. The molecule has 0 aliphatic carbocycles. The van der Waals surface area contributed by atoms with E-state index in [1.807, 2.05) is 26.0 Å². The van der Waals surface area contributed by atoms with Crippen LogP contribution >= 0.6 is 12.2 Å². The van der Waals surface area contributed by atoms with Gasteiger partial charge in [0.15, 0.2) is 0 Å². The first kappa shape index (κ1) is 20.2. The molecular weight excluding hydrogens is 254 g/mol. The zero-order valence-corrected chi connectivity index (χ0v) is 13.7. The average molecular weight is 283 g/mol. The molecule has 0 radical (unpaired) electrons. The molecule has 0 aliphatic heterocycles. The zero-order valence-electron chi connectivity index (χ0n) is 12.9. The third-order valence-corrected chi connectivity index (χ3v) is 2.73. The van der Waals surface area contributed by atoms with Crippen LogP contribution in [-0.2, 0) is 6.42 Å². The number of rotatable bonds is 3. The molecule has 19 heavy (non-hydrogen) atoms. The van der Waals surface area contributed by atoms with Gasteiger partial charge in [-0.3, -0.25) is 0 Å². The Morgan fingerprint density at radius 1 is 1.05 bits per heavy atom. The second-order valence-electron chi connectivity index (χ2n) is 4.28. The molecule has 0 amide bonds. The molecule has 0 saturated carbocycles. The van der Waals surface area contributed by atoms with Gasteiger partial charge in [-0.05, 0) is 43.7 Å². The lowest BCUT2D eigenvalue weighted by Gasteiger charge is -2.08. The van der Waals surface area contributed by atoms with Gasteiger partial charge in [0.25, 0.3) is 0 Å². The van der Waals surface area contributed by atoms with Crippen molar-refractivity contribution < 1.29 is 0 Å². The van der Waals surface area contributed by atoms with Crippen LogP contribution in [0.4, 0.5) is 5.69 Å². The Balaban J connectivity index is 0. The summed E-state index contributed by atoms with van der Waals surface area (Å²) in [6.07, 6.45) is 3.29. The van der Waals surface area contributed by atoms with Crippen molar-refractivity contribution in [2.24, 2.45) is 11.5 Å². The molecule has 0 fully saturated rings. The number of aryl methyl sites for hydroxylation is 2. The lowest BCUT2D eigenvalue weighted by atomic mass is 10.0. The number of nitrogens with two attached hydrogens (primary N) is 3. The number of unbranched alkanes of at least 4 members (excludes halogenated alkanes) is 1. The van der Waals surface area contributed by atoms with Crippen LogP contribution in [0.2, 0.25) is 0 Å². The van der Waals surface area contributed by atoms with Gasteiger partial charge in [0.1, 0.15) is 0 Å². The molecule has 6 N–H and O–H groups in total. The van der Waals surface area contributed by atoms with Crippen molar-refractivity contribution in [3.63, 3.8) is 0 Å². The van der Waals surface area contributed by atoms with E-state index in [1.54, 1.807) is 0 Å². The molecule has 0 unspecified atom stereocenters. The van der Waals surface area contributed by atoms with E-state index in [0.717, 1.165) is 16.8 Å². The van der Waals surface area contributed by atoms with Crippen molar-refractivity contribution >= 4 is 22.9 Å². The first-order valence-corrected chi connectivity index (χ1v) is 7.04. The Hall–Kier alpha value is -1.13. The number of nitrogen functional groups attached to an aromatic ring is 1. The van der Waals surface area contributed by atoms with Crippen molar-refractivity contribution in [1.29, 1.82) is 0 Å². The summed E-state index contributed by atoms with van der Waals surface area (Å²) in [5.74, 6) is 0. The summed E-state index contributed by atoms with van der Waals surface area (Å²) in [7, 11) is 1.50. The molecule has 0 atom stereocenters. The molecule has 0 spiro atoms. The fraction of sp³-hybridized carbons (Fsp3) is 0.533. The largest absolute Gasteiger partial charge is 0.399 e. The smallest absolute Gasteiger partial charge is 0.0771 e. The Bertz CT molecular complexity index is 374. The van der Waals surface area contributed by atoms with Crippen molar-refractivity contribution in [2.45, 2.75) is 47.0 Å². The summed E-state index contributed by atoms with van der Waals surface area (Å²) in [5, 5.41) is 0. The molecule has 110 valence electrons. The molecule has 1 rings (SSSR count). The third-order valence-electron chi connectivity index (χ3n) is 2.59. The molecule has 0 bridgehead atoms. The van der Waals surface area contributed by atoms with E-state index >= 15 is 0 Å². The highest BCUT2D eigenvalue weighted by molar-refractivity contribution is 7.80. The van der Waals surface area contributed by atoms with Gasteiger partial charge in [-0.2, -0.15) is 0 Å². The van der Waals surface area contributed by atoms with Crippen LogP contribution < -0.4 is 17.2 Å². The van der Waals surface area contributed by atoms with E-state index < -0.39 is 0 Å². The van der Waals surface area contributed by atoms with Gasteiger partial charge in [0.2, 0.25) is 0 Å². The van der Waals surface area contributed by atoms with E-state index in [2.05, 4.69) is 19.6 Å².